The molecule has 1 aromatic rings. The largest absolute Gasteiger partial charge is 0.351 e. The van der Waals surface area contributed by atoms with Gasteiger partial charge in [0.2, 0.25) is 0 Å². The molecule has 1 N–H and O–H groups in total. The van der Waals surface area contributed by atoms with E-state index in [1.807, 2.05) is 0 Å². The SMILES string of the molecule is CCCCCCNC(=O)c1cc(Cl)c(Cl)s1. The number of unbranched alkanes of at least 4 members (excludes halogenated alkanes) is 3. The number of thiophene rings is 1. The molecule has 90 valence electrons. The molecule has 0 atom stereocenters. The summed E-state index contributed by atoms with van der Waals surface area (Å²) >= 11 is 12.8. The van der Waals surface area contributed by atoms with Crippen LogP contribution in [0, 0.1) is 0 Å². The first-order chi connectivity index (χ1) is 7.65. The van der Waals surface area contributed by atoms with Crippen LogP contribution in [-0.4, -0.2) is 12.5 Å². The van der Waals surface area contributed by atoms with Gasteiger partial charge in [-0.15, -0.1) is 11.3 Å². The Labute approximate surface area is 110 Å². The molecule has 5 heteroatoms. The summed E-state index contributed by atoms with van der Waals surface area (Å²) in [6.07, 6.45) is 4.59. The normalized spacial score (nSPS) is 10.4. The highest BCUT2D eigenvalue weighted by atomic mass is 35.5. The van der Waals surface area contributed by atoms with Gasteiger partial charge in [0, 0.05) is 6.54 Å². The number of hydrogen-bond donors (Lipinski definition) is 1. The van der Waals surface area contributed by atoms with Gasteiger partial charge < -0.3 is 5.32 Å². The van der Waals surface area contributed by atoms with Crippen LogP contribution in [0.15, 0.2) is 6.07 Å². The highest BCUT2D eigenvalue weighted by Gasteiger charge is 2.11. The van der Waals surface area contributed by atoms with E-state index < -0.39 is 0 Å². The molecule has 0 aliphatic rings. The van der Waals surface area contributed by atoms with Crippen molar-refractivity contribution < 1.29 is 4.79 Å². The Hall–Kier alpha value is -0.250. The van der Waals surface area contributed by atoms with Crippen molar-refractivity contribution in [3.8, 4) is 0 Å². The minimum Gasteiger partial charge on any atom is -0.351 e. The first kappa shape index (κ1) is 13.8. The number of carbonyl (C=O) groups is 1. The van der Waals surface area contributed by atoms with Crippen LogP contribution in [0.1, 0.15) is 42.3 Å². The average molecular weight is 280 g/mol. The molecule has 0 spiro atoms. The number of nitrogens with one attached hydrogen (secondary N) is 1. The van der Waals surface area contributed by atoms with E-state index in [4.69, 9.17) is 23.2 Å². The van der Waals surface area contributed by atoms with E-state index in [1.54, 1.807) is 6.07 Å². The van der Waals surface area contributed by atoms with Crippen molar-refractivity contribution >= 4 is 40.4 Å². The highest BCUT2D eigenvalue weighted by molar-refractivity contribution is 7.18. The second-order valence-corrected chi connectivity index (χ2v) is 5.61. The molecule has 1 rings (SSSR count). The van der Waals surface area contributed by atoms with Gasteiger partial charge in [0.15, 0.2) is 0 Å². The lowest BCUT2D eigenvalue weighted by Gasteiger charge is -2.02. The molecule has 0 unspecified atom stereocenters. The lowest BCUT2D eigenvalue weighted by Crippen LogP contribution is -2.23. The summed E-state index contributed by atoms with van der Waals surface area (Å²) in [7, 11) is 0. The maximum absolute atomic E-state index is 11.6. The van der Waals surface area contributed by atoms with Crippen molar-refractivity contribution in [2.75, 3.05) is 6.54 Å². The smallest absolute Gasteiger partial charge is 0.261 e. The molecule has 2 nitrogen and oxygen atoms in total. The van der Waals surface area contributed by atoms with Crippen LogP contribution in [0.3, 0.4) is 0 Å². The van der Waals surface area contributed by atoms with Crippen molar-refractivity contribution in [1.29, 1.82) is 0 Å². The first-order valence-electron chi connectivity index (χ1n) is 5.38. The van der Waals surface area contributed by atoms with E-state index in [9.17, 15) is 4.79 Å². The fraction of sp³-hybridized carbons (Fsp3) is 0.545. The lowest BCUT2D eigenvalue weighted by atomic mass is 10.2. The molecule has 1 heterocycles. The molecule has 0 saturated carbocycles. The van der Waals surface area contributed by atoms with Gasteiger partial charge in [0.1, 0.15) is 4.34 Å². The fourth-order valence-corrected chi connectivity index (χ4v) is 2.58. The van der Waals surface area contributed by atoms with E-state index in [0.717, 1.165) is 12.8 Å². The zero-order valence-electron chi connectivity index (χ0n) is 9.19. The Kier molecular flexibility index (Phi) is 6.17. The van der Waals surface area contributed by atoms with Crippen LogP contribution < -0.4 is 5.32 Å². The minimum atomic E-state index is -0.0877. The maximum Gasteiger partial charge on any atom is 0.261 e. The lowest BCUT2D eigenvalue weighted by molar-refractivity contribution is 0.0957. The third-order valence-electron chi connectivity index (χ3n) is 2.18. The molecule has 0 saturated heterocycles. The van der Waals surface area contributed by atoms with Gasteiger partial charge in [-0.3, -0.25) is 4.79 Å². The van der Waals surface area contributed by atoms with Gasteiger partial charge in [0.05, 0.1) is 9.90 Å². The number of hydrogen-bond acceptors (Lipinski definition) is 2. The van der Waals surface area contributed by atoms with Gasteiger partial charge in [-0.2, -0.15) is 0 Å². The average Bonchev–Trinajstić information content (AvgIpc) is 2.59. The third-order valence-corrected chi connectivity index (χ3v) is 4.05. The van der Waals surface area contributed by atoms with Gasteiger partial charge in [0.25, 0.3) is 5.91 Å². The molecular formula is C11H15Cl2NOS. The molecule has 0 aliphatic carbocycles. The minimum absolute atomic E-state index is 0.0877. The van der Waals surface area contributed by atoms with Crippen molar-refractivity contribution in [3.05, 3.63) is 20.3 Å². The van der Waals surface area contributed by atoms with Crippen molar-refractivity contribution in [3.63, 3.8) is 0 Å². The molecule has 1 amide bonds. The third kappa shape index (κ3) is 4.32. The molecule has 0 radical (unpaired) electrons. The molecular weight excluding hydrogens is 265 g/mol. The van der Waals surface area contributed by atoms with E-state index in [0.29, 0.717) is 20.8 Å². The Morgan fingerprint density at radius 2 is 2.12 bits per heavy atom. The Morgan fingerprint density at radius 3 is 2.69 bits per heavy atom. The molecule has 16 heavy (non-hydrogen) atoms. The number of rotatable bonds is 6. The predicted octanol–water partition coefficient (Wildman–Crippen LogP) is 4.37. The van der Waals surface area contributed by atoms with Gasteiger partial charge in [-0.05, 0) is 12.5 Å². The maximum atomic E-state index is 11.6. The summed E-state index contributed by atoms with van der Waals surface area (Å²) in [4.78, 5) is 12.2. The molecule has 1 aromatic heterocycles. The van der Waals surface area contributed by atoms with Crippen LogP contribution in [0.4, 0.5) is 0 Å². The summed E-state index contributed by atoms with van der Waals surface area (Å²) in [5.74, 6) is -0.0877. The van der Waals surface area contributed by atoms with Crippen LogP contribution in [-0.2, 0) is 0 Å². The Morgan fingerprint density at radius 1 is 1.38 bits per heavy atom. The summed E-state index contributed by atoms with van der Waals surface area (Å²) in [5, 5.41) is 3.30. The highest BCUT2D eigenvalue weighted by Crippen LogP contribution is 2.31. The molecule has 0 bridgehead atoms. The van der Waals surface area contributed by atoms with E-state index in [-0.39, 0.29) is 5.91 Å². The second-order valence-electron chi connectivity index (χ2n) is 3.55. The van der Waals surface area contributed by atoms with Gasteiger partial charge in [-0.1, -0.05) is 49.4 Å². The van der Waals surface area contributed by atoms with Crippen molar-refractivity contribution in [2.45, 2.75) is 32.6 Å². The summed E-state index contributed by atoms with van der Waals surface area (Å²) < 4.78 is 0.470. The topological polar surface area (TPSA) is 29.1 Å². The van der Waals surface area contributed by atoms with Crippen molar-refractivity contribution in [2.24, 2.45) is 0 Å². The molecule has 0 fully saturated rings. The standard InChI is InChI=1S/C11H15Cl2NOS/c1-2-3-4-5-6-14-11(15)9-7-8(12)10(13)16-9/h7H,2-6H2,1H3,(H,14,15). The van der Waals surface area contributed by atoms with E-state index in [2.05, 4.69) is 12.2 Å². The first-order valence-corrected chi connectivity index (χ1v) is 6.95. The number of halogens is 2. The number of carbonyl (C=O) groups excluding carboxylic acids is 1. The monoisotopic (exact) mass is 279 g/mol. The Bertz CT molecular complexity index is 332. The van der Waals surface area contributed by atoms with Crippen LogP contribution in [0.2, 0.25) is 9.36 Å². The van der Waals surface area contributed by atoms with Gasteiger partial charge >= 0.3 is 0 Å². The quantitative estimate of drug-likeness (QED) is 0.770. The molecule has 0 aliphatic heterocycles. The zero-order chi connectivity index (χ0) is 12.0. The van der Waals surface area contributed by atoms with Crippen LogP contribution in [0.25, 0.3) is 0 Å². The Balaban J connectivity index is 2.30. The molecule has 0 aromatic carbocycles. The fourth-order valence-electron chi connectivity index (χ4n) is 1.30. The zero-order valence-corrected chi connectivity index (χ0v) is 11.5. The summed E-state index contributed by atoms with van der Waals surface area (Å²) in [6.45, 7) is 2.88. The summed E-state index contributed by atoms with van der Waals surface area (Å²) in [5.41, 5.74) is 0. The van der Waals surface area contributed by atoms with E-state index in [1.165, 1.54) is 24.2 Å². The van der Waals surface area contributed by atoms with Crippen LogP contribution in [0.5, 0.6) is 0 Å². The summed E-state index contributed by atoms with van der Waals surface area (Å²) in [6, 6.07) is 1.61. The predicted molar refractivity (Wildman–Crippen MR) is 70.8 cm³/mol. The van der Waals surface area contributed by atoms with Crippen LogP contribution >= 0.6 is 34.5 Å². The van der Waals surface area contributed by atoms with Gasteiger partial charge in [-0.25, -0.2) is 0 Å². The van der Waals surface area contributed by atoms with E-state index >= 15 is 0 Å². The van der Waals surface area contributed by atoms with Crippen molar-refractivity contribution in [1.82, 2.24) is 5.32 Å². The second kappa shape index (κ2) is 7.15. The number of amides is 1.